The lowest BCUT2D eigenvalue weighted by Gasteiger charge is -2.23. The van der Waals surface area contributed by atoms with Gasteiger partial charge >= 0.3 is 0 Å². The predicted molar refractivity (Wildman–Crippen MR) is 64.7 cm³/mol. The molecule has 1 N–H and O–H groups in total. The van der Waals surface area contributed by atoms with Gasteiger partial charge in [-0.1, -0.05) is 6.92 Å². The second-order valence-electron chi connectivity index (χ2n) is 4.87. The van der Waals surface area contributed by atoms with E-state index in [0.717, 1.165) is 32.6 Å². The van der Waals surface area contributed by atoms with E-state index in [4.69, 9.17) is 5.26 Å². The molecule has 0 spiro atoms. The van der Waals surface area contributed by atoms with Gasteiger partial charge in [-0.25, -0.2) is 0 Å². The standard InChI is InChI=1S/C12H25N3/c1-5-15(10-6-8-13)11-7-9-14-12(2,3)4/h14H,5-7,9-11H2,1-4H3. The van der Waals surface area contributed by atoms with Gasteiger partial charge in [-0.3, -0.25) is 0 Å². The van der Waals surface area contributed by atoms with E-state index in [1.807, 2.05) is 0 Å². The van der Waals surface area contributed by atoms with E-state index in [1.165, 1.54) is 0 Å². The van der Waals surface area contributed by atoms with Crippen molar-refractivity contribution in [1.82, 2.24) is 10.2 Å². The minimum absolute atomic E-state index is 0.212. The van der Waals surface area contributed by atoms with Gasteiger partial charge in [-0.05, 0) is 46.8 Å². The summed E-state index contributed by atoms with van der Waals surface area (Å²) in [7, 11) is 0. The van der Waals surface area contributed by atoms with Crippen molar-refractivity contribution in [2.75, 3.05) is 26.2 Å². The molecule has 0 aromatic heterocycles. The van der Waals surface area contributed by atoms with Crippen LogP contribution in [0.5, 0.6) is 0 Å². The number of rotatable bonds is 7. The Balaban J connectivity index is 3.51. The first-order valence-electron chi connectivity index (χ1n) is 5.84. The summed E-state index contributed by atoms with van der Waals surface area (Å²) in [5.74, 6) is 0. The Kier molecular flexibility index (Phi) is 7.37. The number of hydrogen-bond acceptors (Lipinski definition) is 3. The first kappa shape index (κ1) is 14.4. The van der Waals surface area contributed by atoms with Crippen LogP contribution in [0.2, 0.25) is 0 Å². The number of nitrogens with zero attached hydrogens (tertiary/aromatic N) is 2. The van der Waals surface area contributed by atoms with Gasteiger partial charge in [0.25, 0.3) is 0 Å². The highest BCUT2D eigenvalue weighted by Gasteiger charge is 2.08. The van der Waals surface area contributed by atoms with E-state index in [-0.39, 0.29) is 5.54 Å². The van der Waals surface area contributed by atoms with Crippen LogP contribution in [0.15, 0.2) is 0 Å². The zero-order chi connectivity index (χ0) is 11.7. The van der Waals surface area contributed by atoms with Crippen molar-refractivity contribution < 1.29 is 0 Å². The van der Waals surface area contributed by atoms with Gasteiger partial charge < -0.3 is 10.2 Å². The zero-order valence-corrected chi connectivity index (χ0v) is 10.6. The molecule has 0 saturated heterocycles. The fourth-order valence-electron chi connectivity index (χ4n) is 1.40. The summed E-state index contributed by atoms with van der Waals surface area (Å²) in [4.78, 5) is 2.33. The summed E-state index contributed by atoms with van der Waals surface area (Å²) in [6, 6.07) is 2.19. The van der Waals surface area contributed by atoms with Gasteiger partial charge in [0.15, 0.2) is 0 Å². The summed E-state index contributed by atoms with van der Waals surface area (Å²) in [6.45, 7) is 12.8. The van der Waals surface area contributed by atoms with E-state index in [1.54, 1.807) is 0 Å². The average Bonchev–Trinajstić information content (AvgIpc) is 2.15. The number of nitriles is 1. The van der Waals surface area contributed by atoms with Crippen LogP contribution in [0.4, 0.5) is 0 Å². The minimum atomic E-state index is 0.212. The highest BCUT2D eigenvalue weighted by molar-refractivity contribution is 4.73. The molecule has 15 heavy (non-hydrogen) atoms. The summed E-state index contributed by atoms with van der Waals surface area (Å²) < 4.78 is 0. The van der Waals surface area contributed by atoms with Crippen molar-refractivity contribution in [2.45, 2.75) is 46.1 Å². The molecule has 0 aromatic carbocycles. The van der Waals surface area contributed by atoms with Crippen molar-refractivity contribution >= 4 is 0 Å². The average molecular weight is 211 g/mol. The Labute approximate surface area is 94.5 Å². The topological polar surface area (TPSA) is 39.1 Å². The molecule has 0 rings (SSSR count). The monoisotopic (exact) mass is 211 g/mol. The Morgan fingerprint density at radius 1 is 1.27 bits per heavy atom. The van der Waals surface area contributed by atoms with Gasteiger partial charge in [-0.15, -0.1) is 0 Å². The van der Waals surface area contributed by atoms with Gasteiger partial charge in [-0.2, -0.15) is 5.26 Å². The Hall–Kier alpha value is -0.590. The molecule has 0 atom stereocenters. The highest BCUT2D eigenvalue weighted by Crippen LogP contribution is 1.99. The lowest BCUT2D eigenvalue weighted by molar-refractivity contribution is 0.283. The molecular formula is C12H25N3. The van der Waals surface area contributed by atoms with Crippen LogP contribution in [0.1, 0.15) is 40.5 Å². The molecule has 0 heterocycles. The number of hydrogen-bond donors (Lipinski definition) is 1. The molecule has 0 aliphatic rings. The van der Waals surface area contributed by atoms with Crippen LogP contribution >= 0.6 is 0 Å². The second-order valence-corrected chi connectivity index (χ2v) is 4.87. The van der Waals surface area contributed by atoms with E-state index < -0.39 is 0 Å². The largest absolute Gasteiger partial charge is 0.312 e. The van der Waals surface area contributed by atoms with Crippen molar-refractivity contribution in [1.29, 1.82) is 5.26 Å². The van der Waals surface area contributed by atoms with Gasteiger partial charge in [0.05, 0.1) is 6.07 Å². The molecule has 0 bridgehead atoms. The van der Waals surface area contributed by atoms with Crippen LogP contribution in [-0.4, -0.2) is 36.6 Å². The van der Waals surface area contributed by atoms with Crippen molar-refractivity contribution in [3.63, 3.8) is 0 Å². The Bertz CT molecular complexity index is 188. The predicted octanol–water partition coefficient (Wildman–Crippen LogP) is 2.00. The molecule has 0 radical (unpaired) electrons. The molecule has 88 valence electrons. The number of nitrogens with one attached hydrogen (secondary N) is 1. The van der Waals surface area contributed by atoms with Gasteiger partial charge in [0, 0.05) is 18.5 Å². The summed E-state index contributed by atoms with van der Waals surface area (Å²) >= 11 is 0. The normalized spacial score (nSPS) is 11.7. The third kappa shape index (κ3) is 9.71. The summed E-state index contributed by atoms with van der Waals surface area (Å²) in [5.41, 5.74) is 0.212. The molecule has 0 fully saturated rings. The molecule has 0 aromatic rings. The summed E-state index contributed by atoms with van der Waals surface area (Å²) in [6.07, 6.45) is 1.79. The maximum Gasteiger partial charge on any atom is 0.0635 e. The van der Waals surface area contributed by atoms with Gasteiger partial charge in [0.2, 0.25) is 0 Å². The lowest BCUT2D eigenvalue weighted by Crippen LogP contribution is -2.38. The van der Waals surface area contributed by atoms with E-state index in [9.17, 15) is 0 Å². The molecule has 0 aliphatic carbocycles. The zero-order valence-electron chi connectivity index (χ0n) is 10.6. The molecule has 0 aliphatic heterocycles. The maximum atomic E-state index is 8.50. The van der Waals surface area contributed by atoms with Crippen molar-refractivity contribution in [3.8, 4) is 6.07 Å². The lowest BCUT2D eigenvalue weighted by atomic mass is 10.1. The van der Waals surface area contributed by atoms with Crippen molar-refractivity contribution in [3.05, 3.63) is 0 Å². The van der Waals surface area contributed by atoms with Crippen LogP contribution in [0.25, 0.3) is 0 Å². The molecule has 0 saturated carbocycles. The first-order chi connectivity index (χ1) is 6.99. The van der Waals surface area contributed by atoms with Crippen LogP contribution in [0.3, 0.4) is 0 Å². The van der Waals surface area contributed by atoms with E-state index >= 15 is 0 Å². The smallest absolute Gasteiger partial charge is 0.0635 e. The Morgan fingerprint density at radius 3 is 2.40 bits per heavy atom. The summed E-state index contributed by atoms with van der Waals surface area (Å²) in [5, 5.41) is 12.0. The highest BCUT2D eigenvalue weighted by atomic mass is 15.1. The molecule has 0 unspecified atom stereocenters. The third-order valence-corrected chi connectivity index (χ3v) is 2.29. The van der Waals surface area contributed by atoms with Crippen LogP contribution in [-0.2, 0) is 0 Å². The first-order valence-corrected chi connectivity index (χ1v) is 5.84. The molecule has 0 amide bonds. The van der Waals surface area contributed by atoms with E-state index in [0.29, 0.717) is 6.42 Å². The maximum absolute atomic E-state index is 8.50. The SMILES string of the molecule is CCN(CCC#N)CCCNC(C)(C)C. The van der Waals surface area contributed by atoms with E-state index in [2.05, 4.69) is 44.0 Å². The fraction of sp³-hybridized carbons (Fsp3) is 0.917. The van der Waals surface area contributed by atoms with Gasteiger partial charge in [0.1, 0.15) is 0 Å². The third-order valence-electron chi connectivity index (χ3n) is 2.29. The van der Waals surface area contributed by atoms with Crippen LogP contribution in [0, 0.1) is 11.3 Å². The minimum Gasteiger partial charge on any atom is -0.312 e. The molecule has 3 heteroatoms. The Morgan fingerprint density at radius 2 is 1.93 bits per heavy atom. The second kappa shape index (κ2) is 7.67. The quantitative estimate of drug-likeness (QED) is 0.655. The van der Waals surface area contributed by atoms with Crippen molar-refractivity contribution in [2.24, 2.45) is 0 Å². The molecule has 3 nitrogen and oxygen atoms in total. The molecular weight excluding hydrogens is 186 g/mol. The van der Waals surface area contributed by atoms with Crippen LogP contribution < -0.4 is 5.32 Å². The fourth-order valence-corrected chi connectivity index (χ4v) is 1.40.